The van der Waals surface area contributed by atoms with Gasteiger partial charge in [-0.05, 0) is 12.8 Å². The normalized spacial score (nSPS) is 19.4. The third kappa shape index (κ3) is 2.40. The number of nitrogens with zero attached hydrogens (tertiary/aromatic N) is 1. The molecule has 1 aromatic rings. The van der Waals surface area contributed by atoms with Crippen LogP contribution in [0.15, 0.2) is 10.6 Å². The molecule has 1 aliphatic heterocycles. The first-order chi connectivity index (χ1) is 7.07. The third-order valence-corrected chi connectivity index (χ3v) is 2.92. The molecule has 0 amide bonds. The maximum absolute atomic E-state index is 5.43. The Labute approximate surface area is 90.8 Å². The molecule has 0 aromatic carbocycles. The summed E-state index contributed by atoms with van der Waals surface area (Å²) in [7, 11) is 0. The van der Waals surface area contributed by atoms with Crippen molar-refractivity contribution in [2.75, 3.05) is 13.2 Å². The number of hydrogen-bond acceptors (Lipinski definition) is 3. The summed E-state index contributed by atoms with van der Waals surface area (Å²) in [5.74, 6) is 1.53. The van der Waals surface area contributed by atoms with Gasteiger partial charge in [0, 0.05) is 30.6 Å². The molecule has 15 heavy (non-hydrogen) atoms. The van der Waals surface area contributed by atoms with Crippen LogP contribution < -0.4 is 0 Å². The minimum atomic E-state index is 0.0763. The van der Waals surface area contributed by atoms with Gasteiger partial charge in [0.05, 0.1) is 5.69 Å². The lowest BCUT2D eigenvalue weighted by atomic mass is 9.90. The lowest BCUT2D eigenvalue weighted by Gasteiger charge is -2.19. The van der Waals surface area contributed by atoms with Crippen molar-refractivity contribution in [2.24, 2.45) is 0 Å². The molecule has 0 spiro atoms. The van der Waals surface area contributed by atoms with E-state index in [0.717, 1.165) is 37.5 Å². The van der Waals surface area contributed by atoms with Gasteiger partial charge in [-0.25, -0.2) is 0 Å². The van der Waals surface area contributed by atoms with Gasteiger partial charge in [0.1, 0.15) is 5.76 Å². The van der Waals surface area contributed by atoms with Gasteiger partial charge in [0.25, 0.3) is 0 Å². The SMILES string of the molecule is CC(C)(C)c1cc(C2CCOCC2)on1. The average molecular weight is 209 g/mol. The number of ether oxygens (including phenoxy) is 1. The molecule has 1 aliphatic rings. The Balaban J connectivity index is 2.12. The van der Waals surface area contributed by atoms with Crippen molar-refractivity contribution in [1.29, 1.82) is 0 Å². The second kappa shape index (κ2) is 3.97. The molecule has 0 atom stereocenters. The van der Waals surface area contributed by atoms with Crippen molar-refractivity contribution in [2.45, 2.75) is 44.9 Å². The van der Waals surface area contributed by atoms with Crippen LogP contribution in [-0.4, -0.2) is 18.4 Å². The van der Waals surface area contributed by atoms with Crippen molar-refractivity contribution in [3.8, 4) is 0 Å². The molecule has 3 heteroatoms. The zero-order chi connectivity index (χ0) is 10.9. The topological polar surface area (TPSA) is 35.3 Å². The van der Waals surface area contributed by atoms with Gasteiger partial charge in [-0.1, -0.05) is 25.9 Å². The highest BCUT2D eigenvalue weighted by molar-refractivity contribution is 5.16. The summed E-state index contributed by atoms with van der Waals surface area (Å²) in [4.78, 5) is 0. The second-order valence-corrected chi connectivity index (χ2v) is 5.25. The molecule has 0 bridgehead atoms. The van der Waals surface area contributed by atoms with Gasteiger partial charge in [-0.15, -0.1) is 0 Å². The van der Waals surface area contributed by atoms with Crippen LogP contribution in [0.2, 0.25) is 0 Å². The van der Waals surface area contributed by atoms with Crippen molar-refractivity contribution in [3.63, 3.8) is 0 Å². The Morgan fingerprint density at radius 2 is 1.93 bits per heavy atom. The van der Waals surface area contributed by atoms with Crippen LogP contribution in [-0.2, 0) is 10.2 Å². The third-order valence-electron chi connectivity index (χ3n) is 2.92. The monoisotopic (exact) mass is 209 g/mol. The van der Waals surface area contributed by atoms with Gasteiger partial charge in [-0.3, -0.25) is 0 Å². The Hall–Kier alpha value is -0.830. The molecule has 2 rings (SSSR count). The summed E-state index contributed by atoms with van der Waals surface area (Å²) in [6, 6.07) is 2.11. The predicted octanol–water partition coefficient (Wildman–Crippen LogP) is 2.87. The van der Waals surface area contributed by atoms with E-state index in [4.69, 9.17) is 9.26 Å². The largest absolute Gasteiger partial charge is 0.381 e. The van der Waals surface area contributed by atoms with E-state index in [1.54, 1.807) is 0 Å². The molecule has 1 saturated heterocycles. The van der Waals surface area contributed by atoms with Crippen LogP contribution >= 0.6 is 0 Å². The Morgan fingerprint density at radius 1 is 1.27 bits per heavy atom. The fraction of sp³-hybridized carbons (Fsp3) is 0.750. The van der Waals surface area contributed by atoms with E-state index < -0.39 is 0 Å². The van der Waals surface area contributed by atoms with E-state index in [9.17, 15) is 0 Å². The van der Waals surface area contributed by atoms with E-state index >= 15 is 0 Å². The van der Waals surface area contributed by atoms with Crippen LogP contribution in [0.1, 0.15) is 51.0 Å². The van der Waals surface area contributed by atoms with Gasteiger partial charge >= 0.3 is 0 Å². The van der Waals surface area contributed by atoms with Crippen LogP contribution in [0.4, 0.5) is 0 Å². The average Bonchev–Trinajstić information content (AvgIpc) is 2.67. The lowest BCUT2D eigenvalue weighted by Crippen LogP contribution is -2.14. The fourth-order valence-corrected chi connectivity index (χ4v) is 1.82. The lowest BCUT2D eigenvalue weighted by molar-refractivity contribution is 0.0790. The molecule has 0 N–H and O–H groups in total. The molecule has 1 aromatic heterocycles. The van der Waals surface area contributed by atoms with E-state index in [1.165, 1.54) is 0 Å². The van der Waals surface area contributed by atoms with Crippen molar-refractivity contribution < 1.29 is 9.26 Å². The first kappa shape index (κ1) is 10.7. The molecule has 0 radical (unpaired) electrons. The maximum Gasteiger partial charge on any atom is 0.140 e. The van der Waals surface area contributed by atoms with E-state index in [0.29, 0.717) is 5.92 Å². The molecule has 1 fully saturated rings. The quantitative estimate of drug-likeness (QED) is 0.713. The van der Waals surface area contributed by atoms with E-state index in [-0.39, 0.29) is 5.41 Å². The summed E-state index contributed by atoms with van der Waals surface area (Å²) in [5.41, 5.74) is 1.12. The number of hydrogen-bond donors (Lipinski definition) is 0. The molecular weight excluding hydrogens is 190 g/mol. The van der Waals surface area contributed by atoms with Gasteiger partial charge in [0.2, 0.25) is 0 Å². The van der Waals surface area contributed by atoms with Crippen molar-refractivity contribution in [3.05, 3.63) is 17.5 Å². The molecular formula is C12H19NO2. The summed E-state index contributed by atoms with van der Waals surface area (Å²) >= 11 is 0. The molecule has 84 valence electrons. The molecule has 3 nitrogen and oxygen atoms in total. The first-order valence-corrected chi connectivity index (χ1v) is 5.62. The van der Waals surface area contributed by atoms with Crippen LogP contribution in [0, 0.1) is 0 Å². The smallest absolute Gasteiger partial charge is 0.140 e. The predicted molar refractivity (Wildman–Crippen MR) is 58.0 cm³/mol. The van der Waals surface area contributed by atoms with Gasteiger partial charge in [0.15, 0.2) is 0 Å². The van der Waals surface area contributed by atoms with E-state index in [1.807, 2.05) is 0 Å². The zero-order valence-corrected chi connectivity index (χ0v) is 9.75. The zero-order valence-electron chi connectivity index (χ0n) is 9.75. The van der Waals surface area contributed by atoms with Crippen molar-refractivity contribution >= 4 is 0 Å². The summed E-state index contributed by atoms with van der Waals surface area (Å²) < 4.78 is 10.8. The number of aromatic nitrogens is 1. The Bertz CT molecular complexity index is 319. The highest BCUT2D eigenvalue weighted by Gasteiger charge is 2.24. The minimum Gasteiger partial charge on any atom is -0.381 e. The number of rotatable bonds is 1. The summed E-state index contributed by atoms with van der Waals surface area (Å²) in [6.45, 7) is 8.14. The van der Waals surface area contributed by atoms with Gasteiger partial charge < -0.3 is 9.26 Å². The summed E-state index contributed by atoms with van der Waals surface area (Å²) in [6.07, 6.45) is 2.11. The molecule has 0 aliphatic carbocycles. The first-order valence-electron chi connectivity index (χ1n) is 5.62. The van der Waals surface area contributed by atoms with E-state index in [2.05, 4.69) is 32.0 Å². The molecule has 0 saturated carbocycles. The summed E-state index contributed by atoms with van der Waals surface area (Å²) in [5, 5.41) is 4.15. The minimum absolute atomic E-state index is 0.0763. The standard InChI is InChI=1S/C12H19NO2/c1-12(2,3)11-8-10(15-13-11)9-4-6-14-7-5-9/h8-9H,4-7H2,1-3H3. The fourth-order valence-electron chi connectivity index (χ4n) is 1.82. The Morgan fingerprint density at radius 3 is 2.47 bits per heavy atom. The molecule has 2 heterocycles. The van der Waals surface area contributed by atoms with Crippen LogP contribution in [0.3, 0.4) is 0 Å². The highest BCUT2D eigenvalue weighted by atomic mass is 16.5. The van der Waals surface area contributed by atoms with Gasteiger partial charge in [-0.2, -0.15) is 0 Å². The highest BCUT2D eigenvalue weighted by Crippen LogP contribution is 2.30. The van der Waals surface area contributed by atoms with Crippen molar-refractivity contribution in [1.82, 2.24) is 5.16 Å². The van der Waals surface area contributed by atoms with Crippen LogP contribution in [0.5, 0.6) is 0 Å². The second-order valence-electron chi connectivity index (χ2n) is 5.25. The van der Waals surface area contributed by atoms with Crippen LogP contribution in [0.25, 0.3) is 0 Å². The Kier molecular flexibility index (Phi) is 2.83. The molecule has 0 unspecified atom stereocenters. The maximum atomic E-state index is 5.43.